The van der Waals surface area contributed by atoms with E-state index in [1.54, 1.807) is 11.3 Å². The molecule has 0 unspecified atom stereocenters. The topological polar surface area (TPSA) is 56.1 Å². The van der Waals surface area contributed by atoms with Crippen LogP contribution < -0.4 is 4.90 Å². The van der Waals surface area contributed by atoms with E-state index in [4.69, 9.17) is 9.72 Å². The molecule has 1 aliphatic rings. The summed E-state index contributed by atoms with van der Waals surface area (Å²) in [5.74, 6) is 1.72. The molecule has 0 saturated carbocycles. The number of rotatable bonds is 5. The van der Waals surface area contributed by atoms with E-state index in [-0.39, 0.29) is 6.10 Å². The van der Waals surface area contributed by atoms with Crippen LogP contribution in [-0.2, 0) is 18.3 Å². The van der Waals surface area contributed by atoms with E-state index in [2.05, 4.69) is 32.5 Å². The molecule has 3 aromatic rings. The lowest BCUT2D eigenvalue weighted by Crippen LogP contribution is -2.32. The zero-order valence-electron chi connectivity index (χ0n) is 14.0. The van der Waals surface area contributed by atoms with E-state index in [9.17, 15) is 0 Å². The molecule has 0 aromatic carbocycles. The Morgan fingerprint density at radius 1 is 1.42 bits per heavy atom. The second kappa shape index (κ2) is 6.49. The Hall–Kier alpha value is -1.99. The minimum Gasteiger partial charge on any atom is -0.376 e. The molecule has 1 saturated heterocycles. The fourth-order valence-electron chi connectivity index (χ4n) is 3.20. The van der Waals surface area contributed by atoms with Gasteiger partial charge in [-0.1, -0.05) is 6.07 Å². The van der Waals surface area contributed by atoms with Crippen LogP contribution in [0, 0.1) is 6.92 Å². The van der Waals surface area contributed by atoms with Crippen molar-refractivity contribution >= 4 is 28.2 Å². The highest BCUT2D eigenvalue weighted by Crippen LogP contribution is 2.27. The van der Waals surface area contributed by atoms with Gasteiger partial charge >= 0.3 is 0 Å². The van der Waals surface area contributed by atoms with E-state index in [0.717, 1.165) is 55.2 Å². The predicted molar refractivity (Wildman–Crippen MR) is 95.4 cm³/mol. The minimum atomic E-state index is 0.270. The highest BCUT2D eigenvalue weighted by molar-refractivity contribution is 7.09. The first-order valence-electron chi connectivity index (χ1n) is 8.26. The number of hydrogen-bond donors (Lipinski definition) is 0. The lowest BCUT2D eigenvalue weighted by molar-refractivity contribution is 0.115. The van der Waals surface area contributed by atoms with E-state index >= 15 is 0 Å². The Balaban J connectivity index is 1.74. The second-order valence-corrected chi connectivity index (χ2v) is 7.23. The summed E-state index contributed by atoms with van der Waals surface area (Å²) >= 11 is 1.77. The highest BCUT2D eigenvalue weighted by atomic mass is 32.1. The smallest absolute Gasteiger partial charge is 0.163 e. The van der Waals surface area contributed by atoms with Crippen molar-refractivity contribution in [3.63, 3.8) is 0 Å². The summed E-state index contributed by atoms with van der Waals surface area (Å²) in [6.07, 6.45) is 4.39. The molecular weight excluding hydrogens is 322 g/mol. The number of aryl methyl sites for hydroxylation is 2. The molecule has 24 heavy (non-hydrogen) atoms. The summed E-state index contributed by atoms with van der Waals surface area (Å²) in [7, 11) is 1.92. The first-order chi connectivity index (χ1) is 11.7. The molecule has 0 spiro atoms. The number of nitrogens with zero attached hydrogens (tertiary/aromatic N) is 5. The molecule has 4 heterocycles. The quantitative estimate of drug-likeness (QED) is 0.713. The van der Waals surface area contributed by atoms with Crippen LogP contribution in [0.25, 0.3) is 11.0 Å². The van der Waals surface area contributed by atoms with Crippen molar-refractivity contribution in [1.82, 2.24) is 19.7 Å². The fraction of sp³-hybridized carbons (Fsp3) is 0.471. The van der Waals surface area contributed by atoms with Crippen molar-refractivity contribution in [2.75, 3.05) is 18.1 Å². The third kappa shape index (κ3) is 3.01. The monoisotopic (exact) mass is 343 g/mol. The largest absolute Gasteiger partial charge is 0.376 e. The minimum absolute atomic E-state index is 0.270. The number of thiophene rings is 1. The summed E-state index contributed by atoms with van der Waals surface area (Å²) in [5.41, 5.74) is 0.876. The SMILES string of the molecule is Cc1nc(N(Cc2cccs2)C[C@@H]2CCCO2)c2cnn(C)c2n1. The van der Waals surface area contributed by atoms with Gasteiger partial charge in [0.15, 0.2) is 5.65 Å². The standard InChI is InChI=1S/C17H21N5OS/c1-12-19-16-15(9-18-21(16)2)17(20-12)22(10-13-5-3-7-23-13)11-14-6-4-8-24-14/h4,6,8-9,13H,3,5,7,10-11H2,1-2H3/t13-/m0/s1. The Kier molecular flexibility index (Phi) is 4.20. The van der Waals surface area contributed by atoms with Gasteiger partial charge in [-0.15, -0.1) is 11.3 Å². The average Bonchev–Trinajstić information content (AvgIpc) is 3.30. The van der Waals surface area contributed by atoms with Gasteiger partial charge in [-0.3, -0.25) is 4.68 Å². The molecular formula is C17H21N5OS. The van der Waals surface area contributed by atoms with E-state index in [1.807, 2.05) is 24.9 Å². The van der Waals surface area contributed by atoms with Crippen LogP contribution >= 0.6 is 11.3 Å². The molecule has 3 aromatic heterocycles. The third-order valence-corrected chi connectivity index (χ3v) is 5.22. The zero-order chi connectivity index (χ0) is 16.5. The van der Waals surface area contributed by atoms with Crippen LogP contribution in [0.15, 0.2) is 23.7 Å². The van der Waals surface area contributed by atoms with Crippen LogP contribution in [0.1, 0.15) is 23.5 Å². The van der Waals surface area contributed by atoms with Crippen molar-refractivity contribution < 1.29 is 4.74 Å². The number of aromatic nitrogens is 4. The summed E-state index contributed by atoms with van der Waals surface area (Å²) in [6, 6.07) is 4.26. The second-order valence-electron chi connectivity index (χ2n) is 6.19. The molecule has 126 valence electrons. The molecule has 0 amide bonds. The van der Waals surface area contributed by atoms with Crippen molar-refractivity contribution in [3.8, 4) is 0 Å². The summed E-state index contributed by atoms with van der Waals surface area (Å²) in [5, 5.41) is 7.48. The first-order valence-corrected chi connectivity index (χ1v) is 9.14. The zero-order valence-corrected chi connectivity index (χ0v) is 14.8. The lowest BCUT2D eigenvalue weighted by atomic mass is 10.2. The Bertz CT molecular complexity index is 823. The van der Waals surface area contributed by atoms with Crippen LogP contribution in [0.3, 0.4) is 0 Å². The highest BCUT2D eigenvalue weighted by Gasteiger charge is 2.23. The molecule has 0 aliphatic carbocycles. The average molecular weight is 343 g/mol. The summed E-state index contributed by atoms with van der Waals surface area (Å²) in [6.45, 7) is 4.48. The van der Waals surface area contributed by atoms with Crippen LogP contribution in [-0.4, -0.2) is 39.0 Å². The molecule has 0 N–H and O–H groups in total. The lowest BCUT2D eigenvalue weighted by Gasteiger charge is -2.26. The van der Waals surface area contributed by atoms with Gasteiger partial charge in [0.25, 0.3) is 0 Å². The molecule has 7 heteroatoms. The van der Waals surface area contributed by atoms with Crippen molar-refractivity contribution in [2.45, 2.75) is 32.4 Å². The molecule has 6 nitrogen and oxygen atoms in total. The van der Waals surface area contributed by atoms with Gasteiger partial charge in [0.2, 0.25) is 0 Å². The van der Waals surface area contributed by atoms with Gasteiger partial charge in [0.1, 0.15) is 11.6 Å². The van der Waals surface area contributed by atoms with Gasteiger partial charge in [0.05, 0.1) is 24.2 Å². The number of hydrogen-bond acceptors (Lipinski definition) is 6. The molecule has 0 radical (unpaired) electrons. The van der Waals surface area contributed by atoms with Crippen molar-refractivity contribution in [2.24, 2.45) is 7.05 Å². The van der Waals surface area contributed by atoms with E-state index in [1.165, 1.54) is 4.88 Å². The van der Waals surface area contributed by atoms with Gasteiger partial charge in [0, 0.05) is 25.1 Å². The number of anilines is 1. The van der Waals surface area contributed by atoms with Gasteiger partial charge in [-0.25, -0.2) is 9.97 Å². The molecule has 0 bridgehead atoms. The predicted octanol–water partition coefficient (Wildman–Crippen LogP) is 2.92. The maximum absolute atomic E-state index is 5.87. The Labute approximate surface area is 145 Å². The number of fused-ring (bicyclic) bond motifs is 1. The van der Waals surface area contributed by atoms with Crippen molar-refractivity contribution in [3.05, 3.63) is 34.4 Å². The summed E-state index contributed by atoms with van der Waals surface area (Å²) < 4.78 is 7.68. The molecule has 1 aliphatic heterocycles. The van der Waals surface area contributed by atoms with Gasteiger partial charge in [-0.05, 0) is 31.2 Å². The fourth-order valence-corrected chi connectivity index (χ4v) is 3.92. The van der Waals surface area contributed by atoms with Crippen LogP contribution in [0.2, 0.25) is 0 Å². The number of ether oxygens (including phenoxy) is 1. The van der Waals surface area contributed by atoms with Crippen LogP contribution in [0.5, 0.6) is 0 Å². The maximum atomic E-state index is 5.87. The third-order valence-electron chi connectivity index (χ3n) is 4.36. The van der Waals surface area contributed by atoms with Gasteiger partial charge in [-0.2, -0.15) is 5.10 Å². The summed E-state index contributed by atoms with van der Waals surface area (Å²) in [4.78, 5) is 12.9. The van der Waals surface area contributed by atoms with Crippen LogP contribution in [0.4, 0.5) is 5.82 Å². The Morgan fingerprint density at radius 2 is 2.33 bits per heavy atom. The maximum Gasteiger partial charge on any atom is 0.163 e. The molecule has 1 atom stereocenters. The molecule has 4 rings (SSSR count). The van der Waals surface area contributed by atoms with E-state index in [0.29, 0.717) is 0 Å². The first kappa shape index (κ1) is 15.5. The van der Waals surface area contributed by atoms with E-state index < -0.39 is 0 Å². The Morgan fingerprint density at radius 3 is 3.08 bits per heavy atom. The molecule has 1 fully saturated rings. The van der Waals surface area contributed by atoms with Gasteiger partial charge < -0.3 is 9.64 Å². The van der Waals surface area contributed by atoms with Crippen molar-refractivity contribution in [1.29, 1.82) is 0 Å². The normalized spacial score (nSPS) is 17.7.